The van der Waals surface area contributed by atoms with Gasteiger partial charge in [-0.15, -0.1) is 0 Å². The van der Waals surface area contributed by atoms with Gasteiger partial charge in [0.15, 0.2) is 0 Å². The number of hydrogen-bond donors (Lipinski definition) is 3. The minimum Gasteiger partial charge on any atom is -0.394 e. The first-order chi connectivity index (χ1) is 15.2. The average molecular weight is 443 g/mol. The van der Waals surface area contributed by atoms with Gasteiger partial charge in [-0.05, 0) is 32.1 Å². The molecule has 184 valence electrons. The van der Waals surface area contributed by atoms with Gasteiger partial charge in [0.25, 0.3) is 0 Å². The molecule has 4 atom stereocenters. The molecule has 0 saturated carbocycles. The van der Waals surface area contributed by atoms with Gasteiger partial charge in [0, 0.05) is 6.61 Å². The van der Waals surface area contributed by atoms with Gasteiger partial charge >= 0.3 is 0 Å². The lowest BCUT2D eigenvalue weighted by Gasteiger charge is -2.24. The molecule has 1 rings (SSSR count). The van der Waals surface area contributed by atoms with E-state index in [9.17, 15) is 15.3 Å². The van der Waals surface area contributed by atoms with Crippen molar-refractivity contribution >= 4 is 0 Å². The minimum atomic E-state index is -0.979. The van der Waals surface area contributed by atoms with E-state index in [-0.39, 0.29) is 13.2 Å². The van der Waals surface area contributed by atoms with Crippen molar-refractivity contribution in [1.29, 1.82) is 0 Å². The maximum atomic E-state index is 9.85. The van der Waals surface area contributed by atoms with Gasteiger partial charge in [0.2, 0.25) is 0 Å². The van der Waals surface area contributed by atoms with Crippen LogP contribution in [0.25, 0.3) is 0 Å². The maximum Gasteiger partial charge on any atom is 0.114 e. The number of allylic oxidation sites excluding steroid dienone is 2. The Balaban J connectivity index is 1.82. The van der Waals surface area contributed by atoms with Crippen LogP contribution in [0.4, 0.5) is 0 Å². The summed E-state index contributed by atoms with van der Waals surface area (Å²) in [6, 6.07) is 0. The molecule has 1 heterocycles. The summed E-state index contributed by atoms with van der Waals surface area (Å²) in [5.41, 5.74) is 0. The van der Waals surface area contributed by atoms with Crippen molar-refractivity contribution in [3.63, 3.8) is 0 Å². The van der Waals surface area contributed by atoms with Gasteiger partial charge in [0.1, 0.15) is 24.4 Å². The van der Waals surface area contributed by atoms with Crippen LogP contribution in [0.5, 0.6) is 0 Å². The third kappa shape index (κ3) is 14.3. The Labute approximate surface area is 191 Å². The highest BCUT2D eigenvalue weighted by molar-refractivity contribution is 4.88. The number of unbranched alkanes of at least 4 members (excludes halogenated alkanes) is 14. The van der Waals surface area contributed by atoms with Crippen molar-refractivity contribution in [1.82, 2.24) is 0 Å². The van der Waals surface area contributed by atoms with Crippen molar-refractivity contribution in [3.8, 4) is 0 Å². The van der Waals surface area contributed by atoms with Crippen molar-refractivity contribution < 1.29 is 24.8 Å². The molecular weight excluding hydrogens is 392 g/mol. The smallest absolute Gasteiger partial charge is 0.114 e. The lowest BCUT2D eigenvalue weighted by Crippen LogP contribution is -2.42. The van der Waals surface area contributed by atoms with E-state index < -0.39 is 24.4 Å². The molecule has 0 bridgehead atoms. The molecule has 1 saturated heterocycles. The van der Waals surface area contributed by atoms with E-state index in [0.29, 0.717) is 6.61 Å². The van der Waals surface area contributed by atoms with Crippen LogP contribution in [0.15, 0.2) is 12.2 Å². The van der Waals surface area contributed by atoms with E-state index in [4.69, 9.17) is 9.47 Å². The summed E-state index contributed by atoms with van der Waals surface area (Å²) < 4.78 is 11.0. The van der Waals surface area contributed by atoms with Gasteiger partial charge in [-0.25, -0.2) is 0 Å². The molecule has 31 heavy (non-hydrogen) atoms. The summed E-state index contributed by atoms with van der Waals surface area (Å²) in [4.78, 5) is 0. The van der Waals surface area contributed by atoms with Gasteiger partial charge < -0.3 is 24.8 Å². The second kappa shape index (κ2) is 20.2. The second-order valence-electron chi connectivity index (χ2n) is 9.09. The van der Waals surface area contributed by atoms with Crippen LogP contribution in [0, 0.1) is 0 Å². The lowest BCUT2D eigenvalue weighted by molar-refractivity contribution is -0.101. The Bertz CT molecular complexity index is 415. The van der Waals surface area contributed by atoms with Crippen LogP contribution in [0.3, 0.4) is 0 Å². The summed E-state index contributed by atoms with van der Waals surface area (Å²) in [5.74, 6) is 0. The van der Waals surface area contributed by atoms with Crippen molar-refractivity contribution in [2.75, 3.05) is 19.8 Å². The van der Waals surface area contributed by atoms with E-state index in [0.717, 1.165) is 12.8 Å². The maximum absolute atomic E-state index is 9.85. The van der Waals surface area contributed by atoms with Crippen molar-refractivity contribution in [2.45, 2.75) is 134 Å². The lowest BCUT2D eigenvalue weighted by atomic mass is 10.1. The fourth-order valence-corrected chi connectivity index (χ4v) is 4.14. The summed E-state index contributed by atoms with van der Waals surface area (Å²) in [7, 11) is 0. The fourth-order valence-electron chi connectivity index (χ4n) is 4.14. The van der Waals surface area contributed by atoms with Crippen LogP contribution in [-0.4, -0.2) is 59.6 Å². The molecule has 1 fully saturated rings. The van der Waals surface area contributed by atoms with Crippen LogP contribution < -0.4 is 0 Å². The Morgan fingerprint density at radius 1 is 0.806 bits per heavy atom. The standard InChI is InChI=1S/C26H50O5/c1-2-3-4-5-6-7-8-9-10-11-12-13-14-15-16-17-18-19-20-30-24(21-27)26-25(29)23(28)22-31-26/h10-11,23-29H,2-9,12-22H2,1H3/b11-10+/t23-,24+,25+,26+/m1/s1. The molecule has 0 radical (unpaired) electrons. The van der Waals surface area contributed by atoms with E-state index >= 15 is 0 Å². The first-order valence-corrected chi connectivity index (χ1v) is 13.1. The molecule has 0 amide bonds. The normalized spacial score (nSPS) is 22.5. The van der Waals surface area contributed by atoms with Crippen molar-refractivity contribution in [3.05, 3.63) is 12.2 Å². The monoisotopic (exact) mass is 442 g/mol. The van der Waals surface area contributed by atoms with Gasteiger partial charge in [-0.3, -0.25) is 0 Å². The van der Waals surface area contributed by atoms with Crippen LogP contribution in [0.1, 0.15) is 110 Å². The number of rotatable bonds is 21. The zero-order chi connectivity index (χ0) is 22.6. The van der Waals surface area contributed by atoms with E-state index in [1.54, 1.807) is 0 Å². The largest absolute Gasteiger partial charge is 0.394 e. The van der Waals surface area contributed by atoms with Crippen LogP contribution in [-0.2, 0) is 9.47 Å². The predicted octanol–water partition coefficient (Wildman–Crippen LogP) is 5.30. The van der Waals surface area contributed by atoms with E-state index in [2.05, 4.69) is 19.1 Å². The Hall–Kier alpha value is -0.460. The first kappa shape index (κ1) is 28.6. The third-order valence-electron chi connectivity index (χ3n) is 6.22. The number of aliphatic hydroxyl groups is 3. The van der Waals surface area contributed by atoms with Gasteiger partial charge in [-0.1, -0.05) is 89.7 Å². The molecule has 0 aromatic heterocycles. The Morgan fingerprint density at radius 2 is 1.32 bits per heavy atom. The van der Waals surface area contributed by atoms with Crippen molar-refractivity contribution in [2.24, 2.45) is 0 Å². The SMILES string of the molecule is CCCCCCCCC/C=C/CCCCCCCCCO[C@@H](CO)[C@@H]1OC[C@@H](O)[C@@H]1O. The topological polar surface area (TPSA) is 79.2 Å². The molecular formula is C26H50O5. The summed E-state index contributed by atoms with van der Waals surface area (Å²) >= 11 is 0. The molecule has 0 unspecified atom stereocenters. The van der Waals surface area contributed by atoms with Crippen LogP contribution >= 0.6 is 0 Å². The number of hydrogen-bond acceptors (Lipinski definition) is 5. The van der Waals surface area contributed by atoms with E-state index in [1.165, 1.54) is 89.9 Å². The number of ether oxygens (including phenoxy) is 2. The molecule has 1 aliphatic rings. The highest BCUT2D eigenvalue weighted by Gasteiger charge is 2.40. The summed E-state index contributed by atoms with van der Waals surface area (Å²) in [5, 5.41) is 28.8. The molecule has 0 aromatic rings. The summed E-state index contributed by atoms with van der Waals surface area (Å²) in [6.45, 7) is 2.71. The molecule has 3 N–H and O–H groups in total. The highest BCUT2D eigenvalue weighted by atomic mass is 16.6. The van der Waals surface area contributed by atoms with Gasteiger partial charge in [0.05, 0.1) is 13.2 Å². The molecule has 1 aliphatic heterocycles. The zero-order valence-electron chi connectivity index (χ0n) is 20.1. The number of aliphatic hydroxyl groups excluding tert-OH is 3. The van der Waals surface area contributed by atoms with Gasteiger partial charge in [-0.2, -0.15) is 0 Å². The Kier molecular flexibility index (Phi) is 18.6. The molecule has 5 heteroatoms. The molecule has 5 nitrogen and oxygen atoms in total. The summed E-state index contributed by atoms with van der Waals surface area (Å²) in [6.07, 6.45) is 22.3. The zero-order valence-corrected chi connectivity index (χ0v) is 20.1. The fraction of sp³-hybridized carbons (Fsp3) is 0.923. The highest BCUT2D eigenvalue weighted by Crippen LogP contribution is 2.20. The van der Waals surface area contributed by atoms with E-state index in [1.807, 2.05) is 0 Å². The first-order valence-electron chi connectivity index (χ1n) is 13.1. The quantitative estimate of drug-likeness (QED) is 0.166. The Morgan fingerprint density at radius 3 is 1.81 bits per heavy atom. The third-order valence-corrected chi connectivity index (χ3v) is 6.22. The minimum absolute atomic E-state index is 0.0979. The van der Waals surface area contributed by atoms with Crippen LogP contribution in [0.2, 0.25) is 0 Å². The average Bonchev–Trinajstić information content (AvgIpc) is 3.11. The predicted molar refractivity (Wildman–Crippen MR) is 127 cm³/mol. The molecule has 0 aliphatic carbocycles. The molecule has 0 spiro atoms. The molecule has 0 aromatic carbocycles. The second-order valence-corrected chi connectivity index (χ2v) is 9.09.